The summed E-state index contributed by atoms with van der Waals surface area (Å²) in [5.41, 5.74) is 6.96. The molecule has 0 spiro atoms. The maximum atomic E-state index is 13.0. The van der Waals surface area contributed by atoms with Crippen molar-refractivity contribution in [3.8, 4) is 11.3 Å². The van der Waals surface area contributed by atoms with Crippen molar-refractivity contribution in [2.45, 2.75) is 19.3 Å². The van der Waals surface area contributed by atoms with Crippen LogP contribution in [0.3, 0.4) is 0 Å². The summed E-state index contributed by atoms with van der Waals surface area (Å²) >= 11 is 1.52. The van der Waals surface area contributed by atoms with Crippen LogP contribution in [-0.4, -0.2) is 33.6 Å². The van der Waals surface area contributed by atoms with Crippen LogP contribution in [0.15, 0.2) is 30.5 Å². The summed E-state index contributed by atoms with van der Waals surface area (Å²) in [5, 5.41) is 5.53. The number of carbonyl (C=O) groups is 1. The maximum Gasteiger partial charge on any atom is 0.217 e. The van der Waals surface area contributed by atoms with Gasteiger partial charge in [0.1, 0.15) is 5.82 Å². The molecule has 4 rings (SSSR count). The number of hydrogen-bond donors (Lipinski definition) is 1. The summed E-state index contributed by atoms with van der Waals surface area (Å²) in [6.07, 6.45) is 4.33. The van der Waals surface area contributed by atoms with Crippen molar-refractivity contribution in [3.05, 3.63) is 36.3 Å². The van der Waals surface area contributed by atoms with Gasteiger partial charge in [-0.25, -0.2) is 13.9 Å². The van der Waals surface area contributed by atoms with E-state index in [1.807, 2.05) is 6.20 Å². The zero-order chi connectivity index (χ0) is 17.4. The number of primary amides is 1. The topological polar surface area (TPSA) is 76.5 Å². The van der Waals surface area contributed by atoms with Crippen LogP contribution < -0.4 is 10.6 Å². The normalized spacial score (nSPS) is 18.0. The third-order valence-electron chi connectivity index (χ3n) is 4.45. The Balaban J connectivity index is 1.55. The summed E-state index contributed by atoms with van der Waals surface area (Å²) in [6.45, 7) is 1.72. The summed E-state index contributed by atoms with van der Waals surface area (Å²) in [5.74, 6) is -0.220. The third kappa shape index (κ3) is 3.34. The van der Waals surface area contributed by atoms with Gasteiger partial charge in [0.05, 0.1) is 11.9 Å². The number of halogens is 1. The molecule has 130 valence electrons. The van der Waals surface area contributed by atoms with Crippen molar-refractivity contribution in [1.29, 1.82) is 0 Å². The van der Waals surface area contributed by atoms with Crippen LogP contribution in [0.1, 0.15) is 19.3 Å². The van der Waals surface area contributed by atoms with Gasteiger partial charge in [-0.3, -0.25) is 4.79 Å². The van der Waals surface area contributed by atoms with Gasteiger partial charge in [-0.2, -0.15) is 0 Å². The van der Waals surface area contributed by atoms with Gasteiger partial charge in [0.2, 0.25) is 16.0 Å². The molecule has 1 aromatic carbocycles. The van der Waals surface area contributed by atoms with Crippen LogP contribution in [0.25, 0.3) is 16.2 Å². The molecule has 3 heterocycles. The number of fused-ring (bicyclic) bond motifs is 1. The molecule has 0 saturated carbocycles. The Labute approximate surface area is 148 Å². The molecule has 1 amide bonds. The Morgan fingerprint density at radius 2 is 2.16 bits per heavy atom. The molecule has 2 aromatic heterocycles. The second-order valence-corrected chi connectivity index (χ2v) is 7.30. The average Bonchev–Trinajstić information content (AvgIpc) is 3.14. The Hall–Kier alpha value is -2.48. The predicted octanol–water partition coefficient (Wildman–Crippen LogP) is 2.69. The third-order valence-corrected chi connectivity index (χ3v) is 5.44. The Kier molecular flexibility index (Phi) is 4.12. The molecule has 8 heteroatoms. The summed E-state index contributed by atoms with van der Waals surface area (Å²) in [6, 6.07) is 6.27. The SMILES string of the molecule is NC(=O)CC1CCCN(c2nn3cc(-c4ccc(F)cc4)nc3s2)C1. The first-order valence-corrected chi connectivity index (χ1v) is 9.05. The molecular formula is C17H18FN5OS. The van der Waals surface area contributed by atoms with Gasteiger partial charge >= 0.3 is 0 Å². The fourth-order valence-electron chi connectivity index (χ4n) is 3.27. The average molecular weight is 359 g/mol. The molecule has 0 bridgehead atoms. The lowest BCUT2D eigenvalue weighted by Gasteiger charge is -2.31. The van der Waals surface area contributed by atoms with E-state index in [1.165, 1.54) is 23.5 Å². The largest absolute Gasteiger partial charge is 0.370 e. The summed E-state index contributed by atoms with van der Waals surface area (Å²) < 4.78 is 14.8. The molecule has 6 nitrogen and oxygen atoms in total. The van der Waals surface area contributed by atoms with Crippen molar-refractivity contribution in [1.82, 2.24) is 14.6 Å². The Morgan fingerprint density at radius 1 is 1.36 bits per heavy atom. The highest BCUT2D eigenvalue weighted by molar-refractivity contribution is 7.20. The minimum absolute atomic E-state index is 0.246. The zero-order valence-electron chi connectivity index (χ0n) is 13.6. The van der Waals surface area contributed by atoms with Crippen molar-refractivity contribution >= 4 is 27.3 Å². The number of aromatic nitrogens is 3. The summed E-state index contributed by atoms with van der Waals surface area (Å²) in [4.78, 5) is 18.7. The smallest absolute Gasteiger partial charge is 0.217 e. The second kappa shape index (κ2) is 6.44. The van der Waals surface area contributed by atoms with Crippen molar-refractivity contribution < 1.29 is 9.18 Å². The van der Waals surface area contributed by atoms with Gasteiger partial charge in [0.25, 0.3) is 0 Å². The van der Waals surface area contributed by atoms with Crippen molar-refractivity contribution in [3.63, 3.8) is 0 Å². The number of amides is 1. The minimum Gasteiger partial charge on any atom is -0.370 e. The lowest BCUT2D eigenvalue weighted by molar-refractivity contribution is -0.118. The number of rotatable bonds is 4. The minimum atomic E-state index is -0.263. The van der Waals surface area contributed by atoms with Crippen LogP contribution in [0.5, 0.6) is 0 Å². The molecule has 1 saturated heterocycles. The molecule has 1 aliphatic heterocycles. The lowest BCUT2D eigenvalue weighted by atomic mass is 9.95. The summed E-state index contributed by atoms with van der Waals surface area (Å²) in [7, 11) is 0. The number of nitrogens with zero attached hydrogens (tertiary/aromatic N) is 4. The number of anilines is 1. The van der Waals surface area contributed by atoms with E-state index in [0.717, 1.165) is 47.3 Å². The highest BCUT2D eigenvalue weighted by Crippen LogP contribution is 2.30. The van der Waals surface area contributed by atoms with Gasteiger partial charge in [0, 0.05) is 25.1 Å². The predicted molar refractivity (Wildman–Crippen MR) is 95.0 cm³/mol. The van der Waals surface area contributed by atoms with Gasteiger partial charge in [0.15, 0.2) is 0 Å². The number of imidazole rings is 1. The van der Waals surface area contributed by atoms with Gasteiger partial charge < -0.3 is 10.6 Å². The Morgan fingerprint density at radius 3 is 2.88 bits per heavy atom. The monoisotopic (exact) mass is 359 g/mol. The first kappa shape index (κ1) is 16.0. The maximum absolute atomic E-state index is 13.0. The number of nitrogens with two attached hydrogens (primary N) is 1. The van der Waals surface area contributed by atoms with Crippen molar-refractivity contribution in [2.24, 2.45) is 11.7 Å². The quantitative estimate of drug-likeness (QED) is 0.777. The highest BCUT2D eigenvalue weighted by Gasteiger charge is 2.24. The zero-order valence-corrected chi connectivity index (χ0v) is 14.4. The van der Waals surface area contributed by atoms with E-state index in [9.17, 15) is 9.18 Å². The van der Waals surface area contributed by atoms with Crippen LogP contribution in [0.2, 0.25) is 0 Å². The number of hydrogen-bond acceptors (Lipinski definition) is 5. The van der Waals surface area contributed by atoms with E-state index in [4.69, 9.17) is 5.73 Å². The number of benzene rings is 1. The molecule has 1 atom stereocenters. The molecular weight excluding hydrogens is 341 g/mol. The van der Waals surface area contributed by atoms with Gasteiger partial charge in [-0.1, -0.05) is 11.3 Å². The van der Waals surface area contributed by atoms with Gasteiger partial charge in [-0.15, -0.1) is 5.10 Å². The van der Waals surface area contributed by atoms with Crippen molar-refractivity contribution in [2.75, 3.05) is 18.0 Å². The molecule has 0 aliphatic carbocycles. The van der Waals surface area contributed by atoms with Crippen LogP contribution in [-0.2, 0) is 4.79 Å². The number of piperidine rings is 1. The standard InChI is InChI=1S/C17H18FN5OS/c18-13-5-3-12(4-6-13)14-10-23-16(20-14)25-17(21-23)22-7-1-2-11(9-22)8-15(19)24/h3-6,10-11H,1-2,7-9H2,(H2,19,24). The van der Waals surface area contributed by atoms with E-state index in [0.29, 0.717) is 6.42 Å². The highest BCUT2D eigenvalue weighted by atomic mass is 32.1. The molecule has 2 N–H and O–H groups in total. The molecule has 1 aliphatic rings. The van der Waals surface area contributed by atoms with Crippen LogP contribution >= 0.6 is 11.3 Å². The van der Waals surface area contributed by atoms with Crippen LogP contribution in [0, 0.1) is 11.7 Å². The second-order valence-electron chi connectivity index (χ2n) is 6.37. The molecule has 25 heavy (non-hydrogen) atoms. The Bertz CT molecular complexity index is 872. The lowest BCUT2D eigenvalue weighted by Crippen LogP contribution is -2.37. The van der Waals surface area contributed by atoms with E-state index >= 15 is 0 Å². The first-order valence-electron chi connectivity index (χ1n) is 8.24. The molecule has 1 unspecified atom stereocenters. The number of carbonyl (C=O) groups excluding carboxylic acids is 1. The fraction of sp³-hybridized carbons (Fsp3) is 0.353. The van der Waals surface area contributed by atoms with E-state index in [-0.39, 0.29) is 17.6 Å². The van der Waals surface area contributed by atoms with E-state index in [2.05, 4.69) is 15.0 Å². The van der Waals surface area contributed by atoms with E-state index < -0.39 is 0 Å². The van der Waals surface area contributed by atoms with Gasteiger partial charge in [-0.05, 0) is 43.0 Å². The molecule has 0 radical (unpaired) electrons. The fourth-order valence-corrected chi connectivity index (χ4v) is 4.19. The molecule has 3 aromatic rings. The molecule has 1 fully saturated rings. The van der Waals surface area contributed by atoms with E-state index in [1.54, 1.807) is 16.6 Å². The first-order chi connectivity index (χ1) is 12.1. The van der Waals surface area contributed by atoms with Crippen LogP contribution in [0.4, 0.5) is 9.52 Å².